The molecule has 0 bridgehead atoms. The number of likely N-dealkylation sites (tertiary alicyclic amines) is 1. The monoisotopic (exact) mass is 280 g/mol. The molecular formula is C16H28N2O2. The van der Waals surface area contributed by atoms with Gasteiger partial charge in [0.05, 0.1) is 0 Å². The lowest BCUT2D eigenvalue weighted by Crippen LogP contribution is -2.39. The summed E-state index contributed by atoms with van der Waals surface area (Å²) in [6, 6.07) is 0. The number of nitrogens with zero attached hydrogens (tertiary/aromatic N) is 1. The zero-order valence-corrected chi connectivity index (χ0v) is 12.9. The van der Waals surface area contributed by atoms with Gasteiger partial charge in [0, 0.05) is 31.5 Å². The van der Waals surface area contributed by atoms with E-state index in [0.29, 0.717) is 11.8 Å². The molecule has 114 valence electrons. The van der Waals surface area contributed by atoms with Gasteiger partial charge in [-0.3, -0.25) is 9.59 Å². The summed E-state index contributed by atoms with van der Waals surface area (Å²) in [6.45, 7) is 6.84. The Bertz CT molecular complexity index is 340. The predicted octanol–water partition coefficient (Wildman–Crippen LogP) is 2.19. The van der Waals surface area contributed by atoms with Crippen LogP contribution in [-0.4, -0.2) is 36.3 Å². The van der Waals surface area contributed by atoms with Crippen LogP contribution >= 0.6 is 0 Å². The van der Waals surface area contributed by atoms with E-state index in [1.54, 1.807) is 0 Å². The molecular weight excluding hydrogens is 252 g/mol. The molecule has 20 heavy (non-hydrogen) atoms. The Hall–Kier alpha value is -1.06. The van der Waals surface area contributed by atoms with E-state index in [9.17, 15) is 9.59 Å². The highest BCUT2D eigenvalue weighted by atomic mass is 16.2. The molecule has 0 aromatic heterocycles. The molecule has 4 nitrogen and oxygen atoms in total. The van der Waals surface area contributed by atoms with Gasteiger partial charge >= 0.3 is 0 Å². The molecule has 4 heteroatoms. The fraction of sp³-hybridized carbons (Fsp3) is 0.875. The van der Waals surface area contributed by atoms with Crippen LogP contribution in [0.4, 0.5) is 0 Å². The Morgan fingerprint density at radius 1 is 1.05 bits per heavy atom. The Labute approximate surface area is 122 Å². The summed E-state index contributed by atoms with van der Waals surface area (Å²) in [6.07, 6.45) is 5.81. The highest BCUT2D eigenvalue weighted by Crippen LogP contribution is 2.31. The molecule has 0 radical (unpaired) electrons. The van der Waals surface area contributed by atoms with Crippen molar-refractivity contribution in [2.24, 2.45) is 17.8 Å². The van der Waals surface area contributed by atoms with E-state index in [-0.39, 0.29) is 17.7 Å². The van der Waals surface area contributed by atoms with E-state index in [1.807, 2.05) is 4.90 Å². The largest absolute Gasteiger partial charge is 0.356 e. The van der Waals surface area contributed by atoms with E-state index in [1.165, 1.54) is 0 Å². The molecule has 1 saturated heterocycles. The van der Waals surface area contributed by atoms with Gasteiger partial charge in [-0.25, -0.2) is 0 Å². The van der Waals surface area contributed by atoms with E-state index >= 15 is 0 Å². The number of hydrogen-bond acceptors (Lipinski definition) is 2. The van der Waals surface area contributed by atoms with Crippen LogP contribution in [0.15, 0.2) is 0 Å². The number of amides is 2. The summed E-state index contributed by atoms with van der Waals surface area (Å²) in [5.74, 6) is 1.31. The molecule has 0 unspecified atom stereocenters. The zero-order chi connectivity index (χ0) is 14.5. The van der Waals surface area contributed by atoms with Crippen LogP contribution in [0.5, 0.6) is 0 Å². The third-order valence-corrected chi connectivity index (χ3v) is 4.55. The first-order chi connectivity index (χ1) is 9.58. The van der Waals surface area contributed by atoms with Crippen molar-refractivity contribution in [3.8, 4) is 0 Å². The molecule has 0 aromatic carbocycles. The Balaban J connectivity index is 1.74. The van der Waals surface area contributed by atoms with Crippen LogP contribution < -0.4 is 5.32 Å². The minimum Gasteiger partial charge on any atom is -0.356 e. The standard InChI is InChI=1S/C16H28N2O2/c1-12(2)11-17-15(19)13-5-7-14(8-6-13)16(20)18-9-3-4-10-18/h12-14H,3-11H2,1-2H3,(H,17,19). The van der Waals surface area contributed by atoms with Crippen LogP contribution in [-0.2, 0) is 9.59 Å². The first kappa shape index (κ1) is 15.3. The van der Waals surface area contributed by atoms with Crippen molar-refractivity contribution in [2.45, 2.75) is 52.4 Å². The molecule has 2 rings (SSSR count). The van der Waals surface area contributed by atoms with Crippen molar-refractivity contribution in [2.75, 3.05) is 19.6 Å². The summed E-state index contributed by atoms with van der Waals surface area (Å²) in [4.78, 5) is 26.4. The Kier molecular flexibility index (Phi) is 5.44. The third-order valence-electron chi connectivity index (χ3n) is 4.55. The van der Waals surface area contributed by atoms with Crippen molar-refractivity contribution in [3.05, 3.63) is 0 Å². The van der Waals surface area contributed by atoms with Gasteiger partial charge in [0.1, 0.15) is 0 Å². The Morgan fingerprint density at radius 2 is 1.60 bits per heavy atom. The molecule has 1 aliphatic heterocycles. The lowest BCUT2D eigenvalue weighted by molar-refractivity contribution is -0.137. The summed E-state index contributed by atoms with van der Waals surface area (Å²) >= 11 is 0. The molecule has 0 atom stereocenters. The normalized spacial score (nSPS) is 26.9. The Morgan fingerprint density at radius 3 is 2.15 bits per heavy atom. The molecule has 2 aliphatic rings. The highest BCUT2D eigenvalue weighted by molar-refractivity contribution is 5.81. The van der Waals surface area contributed by atoms with Gasteiger partial charge in [-0.1, -0.05) is 13.8 Å². The maximum absolute atomic E-state index is 12.3. The SMILES string of the molecule is CC(C)CNC(=O)C1CCC(C(=O)N2CCCC2)CC1. The van der Waals surface area contributed by atoms with Gasteiger partial charge in [-0.05, 0) is 44.4 Å². The molecule has 2 amide bonds. The van der Waals surface area contributed by atoms with Gasteiger partial charge in [-0.2, -0.15) is 0 Å². The number of carbonyl (C=O) groups excluding carboxylic acids is 2. The van der Waals surface area contributed by atoms with Crippen molar-refractivity contribution in [3.63, 3.8) is 0 Å². The summed E-state index contributed by atoms with van der Waals surface area (Å²) in [5, 5.41) is 3.02. The third kappa shape index (κ3) is 3.97. The summed E-state index contributed by atoms with van der Waals surface area (Å²) < 4.78 is 0. The molecule has 2 fully saturated rings. The van der Waals surface area contributed by atoms with Crippen LogP contribution in [0.25, 0.3) is 0 Å². The van der Waals surface area contributed by atoms with Crippen LogP contribution in [0.1, 0.15) is 52.4 Å². The fourth-order valence-corrected chi connectivity index (χ4v) is 3.25. The minimum absolute atomic E-state index is 0.122. The fourth-order valence-electron chi connectivity index (χ4n) is 3.25. The molecule has 1 N–H and O–H groups in total. The van der Waals surface area contributed by atoms with Gasteiger partial charge < -0.3 is 10.2 Å². The second-order valence-electron chi connectivity index (χ2n) is 6.72. The molecule has 0 spiro atoms. The maximum atomic E-state index is 12.3. The van der Waals surface area contributed by atoms with Gasteiger partial charge in [0.2, 0.25) is 11.8 Å². The second kappa shape index (κ2) is 7.09. The van der Waals surface area contributed by atoms with Crippen LogP contribution in [0, 0.1) is 17.8 Å². The van der Waals surface area contributed by atoms with Crippen LogP contribution in [0.3, 0.4) is 0 Å². The first-order valence-electron chi connectivity index (χ1n) is 8.14. The molecule has 1 saturated carbocycles. The van der Waals surface area contributed by atoms with Gasteiger partial charge in [-0.15, -0.1) is 0 Å². The quantitative estimate of drug-likeness (QED) is 0.858. The lowest BCUT2D eigenvalue weighted by Gasteiger charge is -2.30. The topological polar surface area (TPSA) is 49.4 Å². The first-order valence-corrected chi connectivity index (χ1v) is 8.14. The second-order valence-corrected chi connectivity index (χ2v) is 6.72. The zero-order valence-electron chi connectivity index (χ0n) is 12.9. The predicted molar refractivity (Wildman–Crippen MR) is 79.1 cm³/mol. The number of rotatable bonds is 4. The van der Waals surface area contributed by atoms with Crippen molar-refractivity contribution < 1.29 is 9.59 Å². The molecule has 1 aliphatic carbocycles. The minimum atomic E-state index is 0.122. The molecule has 0 aromatic rings. The van der Waals surface area contributed by atoms with E-state index in [4.69, 9.17) is 0 Å². The van der Waals surface area contributed by atoms with E-state index in [2.05, 4.69) is 19.2 Å². The van der Waals surface area contributed by atoms with Crippen molar-refractivity contribution in [1.82, 2.24) is 10.2 Å². The van der Waals surface area contributed by atoms with E-state index < -0.39 is 0 Å². The van der Waals surface area contributed by atoms with Crippen LogP contribution in [0.2, 0.25) is 0 Å². The number of carbonyl (C=O) groups is 2. The number of nitrogens with one attached hydrogen (secondary N) is 1. The lowest BCUT2D eigenvalue weighted by atomic mass is 9.81. The maximum Gasteiger partial charge on any atom is 0.225 e. The highest BCUT2D eigenvalue weighted by Gasteiger charge is 2.32. The van der Waals surface area contributed by atoms with E-state index in [0.717, 1.165) is 58.2 Å². The number of hydrogen-bond donors (Lipinski definition) is 1. The van der Waals surface area contributed by atoms with Gasteiger partial charge in [0.15, 0.2) is 0 Å². The average Bonchev–Trinajstić information content (AvgIpc) is 2.98. The smallest absolute Gasteiger partial charge is 0.225 e. The summed E-state index contributed by atoms with van der Waals surface area (Å²) in [7, 11) is 0. The van der Waals surface area contributed by atoms with Gasteiger partial charge in [0.25, 0.3) is 0 Å². The van der Waals surface area contributed by atoms with Crippen molar-refractivity contribution >= 4 is 11.8 Å². The van der Waals surface area contributed by atoms with Crippen molar-refractivity contribution in [1.29, 1.82) is 0 Å². The molecule has 1 heterocycles. The average molecular weight is 280 g/mol. The summed E-state index contributed by atoms with van der Waals surface area (Å²) in [5.41, 5.74) is 0.